The topological polar surface area (TPSA) is 15.6 Å². The van der Waals surface area contributed by atoms with Gasteiger partial charge in [0.2, 0.25) is 0 Å². The van der Waals surface area contributed by atoms with Crippen LogP contribution in [0.4, 0.5) is 17.1 Å². The zero-order chi connectivity index (χ0) is 37.4. The minimum absolute atomic E-state index is 0.695. The maximum Gasteiger partial charge on any atom is 0.0859 e. The minimum Gasteiger partial charge on any atom is -0.335 e. The van der Waals surface area contributed by atoms with Crippen molar-refractivity contribution in [2.24, 2.45) is 4.99 Å². The number of hydrogen-bond acceptors (Lipinski definition) is 2. The smallest absolute Gasteiger partial charge is 0.0859 e. The van der Waals surface area contributed by atoms with Gasteiger partial charge in [0.15, 0.2) is 0 Å². The summed E-state index contributed by atoms with van der Waals surface area (Å²) in [5.41, 5.74) is 11.6. The summed E-state index contributed by atoms with van der Waals surface area (Å²) < 4.78 is 0. The van der Waals surface area contributed by atoms with E-state index in [1.54, 1.807) is 0 Å². The first-order valence-corrected chi connectivity index (χ1v) is 19.2. The number of fused-ring (bicyclic) bond motifs is 4. The molecule has 56 heavy (non-hydrogen) atoms. The Kier molecular flexibility index (Phi) is 8.42. The molecule has 10 aromatic rings. The lowest BCUT2D eigenvalue weighted by Gasteiger charge is -2.26. The van der Waals surface area contributed by atoms with Crippen molar-refractivity contribution in [1.82, 2.24) is 0 Å². The Balaban J connectivity index is 1.16. The summed E-state index contributed by atoms with van der Waals surface area (Å²) in [5.74, 6) is 0. The lowest BCUT2D eigenvalue weighted by atomic mass is 9.83. The molecule has 0 fully saturated rings. The van der Waals surface area contributed by atoms with Crippen molar-refractivity contribution < 1.29 is 0 Å². The van der Waals surface area contributed by atoms with E-state index in [2.05, 4.69) is 211 Å². The fraction of sp³-hybridized carbons (Fsp3) is 0.0185. The Morgan fingerprint density at radius 1 is 0.393 bits per heavy atom. The molecule has 0 saturated heterocycles. The Morgan fingerprint density at radius 3 is 1.54 bits per heavy atom. The highest BCUT2D eigenvalue weighted by Crippen LogP contribution is 2.47. The summed E-state index contributed by atoms with van der Waals surface area (Å²) in [7, 11) is 0. The van der Waals surface area contributed by atoms with Gasteiger partial charge in [-0.3, -0.25) is 4.99 Å². The second-order valence-electron chi connectivity index (χ2n) is 14.4. The van der Waals surface area contributed by atoms with E-state index in [9.17, 15) is 0 Å². The van der Waals surface area contributed by atoms with Crippen molar-refractivity contribution in [1.29, 1.82) is 0 Å². The first-order valence-electron chi connectivity index (χ1n) is 19.2. The van der Waals surface area contributed by atoms with Crippen molar-refractivity contribution in [3.05, 3.63) is 212 Å². The van der Waals surface area contributed by atoms with Crippen molar-refractivity contribution >= 4 is 66.9 Å². The van der Waals surface area contributed by atoms with E-state index in [0.29, 0.717) is 6.54 Å². The molecule has 0 aromatic heterocycles. The van der Waals surface area contributed by atoms with E-state index < -0.39 is 0 Å². The van der Waals surface area contributed by atoms with Gasteiger partial charge >= 0.3 is 0 Å². The lowest BCUT2D eigenvalue weighted by Crippen LogP contribution is -2.16. The van der Waals surface area contributed by atoms with Gasteiger partial charge in [0.05, 0.1) is 11.4 Å². The highest BCUT2D eigenvalue weighted by molar-refractivity contribution is 6.25. The van der Waals surface area contributed by atoms with E-state index in [1.165, 1.54) is 82.0 Å². The average molecular weight is 715 g/mol. The van der Waals surface area contributed by atoms with Crippen LogP contribution in [0.1, 0.15) is 5.56 Å². The second kappa shape index (κ2) is 14.2. The van der Waals surface area contributed by atoms with Crippen LogP contribution in [-0.2, 0) is 6.54 Å². The molecule has 2 nitrogen and oxygen atoms in total. The van der Waals surface area contributed by atoms with Crippen LogP contribution in [0.5, 0.6) is 0 Å². The molecule has 2 heteroatoms. The number of nitrogens with zero attached hydrogens (tertiary/aromatic N) is 2. The summed E-state index contributed by atoms with van der Waals surface area (Å²) in [5, 5.41) is 10.00. The van der Waals surface area contributed by atoms with Crippen LogP contribution in [0, 0.1) is 0 Å². The molecular formula is C54H38N2. The quantitative estimate of drug-likeness (QED) is 0.113. The van der Waals surface area contributed by atoms with Gasteiger partial charge in [-0.05, 0) is 119 Å². The Labute approximate surface area is 327 Å². The number of hydrogen-bond donors (Lipinski definition) is 0. The maximum absolute atomic E-state index is 4.35. The van der Waals surface area contributed by atoms with E-state index in [0.717, 1.165) is 17.1 Å². The Hall–Kier alpha value is -7.29. The van der Waals surface area contributed by atoms with E-state index in [4.69, 9.17) is 0 Å². The number of benzene rings is 10. The molecule has 0 unspecified atom stereocenters. The van der Waals surface area contributed by atoms with Gasteiger partial charge < -0.3 is 4.90 Å². The summed E-state index contributed by atoms with van der Waals surface area (Å²) in [6.07, 6.45) is 0. The molecule has 0 bridgehead atoms. The molecule has 0 spiro atoms. The van der Waals surface area contributed by atoms with Crippen LogP contribution in [0.15, 0.2) is 211 Å². The average Bonchev–Trinajstić information content (AvgIpc) is 3.27. The van der Waals surface area contributed by atoms with Crippen molar-refractivity contribution in [2.45, 2.75) is 6.54 Å². The fourth-order valence-corrected chi connectivity index (χ4v) is 8.56. The largest absolute Gasteiger partial charge is 0.335 e. The third-order valence-corrected chi connectivity index (χ3v) is 11.2. The number of rotatable bonds is 8. The van der Waals surface area contributed by atoms with Crippen LogP contribution in [0.3, 0.4) is 0 Å². The normalized spacial score (nSPS) is 11.4. The molecule has 0 aliphatic heterocycles. The van der Waals surface area contributed by atoms with Crippen molar-refractivity contribution in [3.8, 4) is 33.4 Å². The first-order chi connectivity index (χ1) is 27.7. The zero-order valence-electron chi connectivity index (χ0n) is 30.9. The zero-order valence-corrected chi connectivity index (χ0v) is 30.9. The van der Waals surface area contributed by atoms with Gasteiger partial charge in [-0.1, -0.05) is 176 Å². The first kappa shape index (κ1) is 33.3. The summed E-state index contributed by atoms with van der Waals surface area (Å²) in [6, 6.07) is 74.7. The van der Waals surface area contributed by atoms with Crippen LogP contribution in [0.2, 0.25) is 0 Å². The molecular weight excluding hydrogens is 677 g/mol. The summed E-state index contributed by atoms with van der Waals surface area (Å²) >= 11 is 0. The number of aliphatic imine (C=N–C) groups is 1. The molecule has 10 rings (SSSR count). The van der Waals surface area contributed by atoms with E-state index in [-0.39, 0.29) is 0 Å². The molecule has 0 amide bonds. The SMILES string of the molecule is C=Nc1ccccc1N(Cc1ccc(-c2ccc3c(-c4cccc5ccccc45)c4ccccc4c(-c4cccc5ccccc45)c3c2)cc1)c1ccccc1. The number of anilines is 2. The molecule has 0 aliphatic rings. The fourth-order valence-electron chi connectivity index (χ4n) is 8.56. The molecule has 0 heterocycles. The van der Waals surface area contributed by atoms with Crippen LogP contribution in [0.25, 0.3) is 76.5 Å². The van der Waals surface area contributed by atoms with Gasteiger partial charge in [-0.15, -0.1) is 0 Å². The third kappa shape index (κ3) is 5.80. The molecule has 0 aliphatic carbocycles. The monoisotopic (exact) mass is 714 g/mol. The minimum atomic E-state index is 0.695. The molecule has 0 saturated carbocycles. The lowest BCUT2D eigenvalue weighted by molar-refractivity contribution is 0.975. The maximum atomic E-state index is 4.35. The highest BCUT2D eigenvalue weighted by Gasteiger charge is 2.20. The van der Waals surface area contributed by atoms with Gasteiger partial charge in [-0.2, -0.15) is 0 Å². The molecule has 0 radical (unpaired) electrons. The van der Waals surface area contributed by atoms with Crippen LogP contribution < -0.4 is 4.90 Å². The molecule has 10 aromatic carbocycles. The second-order valence-corrected chi connectivity index (χ2v) is 14.4. The summed E-state index contributed by atoms with van der Waals surface area (Å²) in [4.78, 5) is 6.66. The van der Waals surface area contributed by atoms with Gasteiger partial charge in [0.1, 0.15) is 0 Å². The molecule has 264 valence electrons. The van der Waals surface area contributed by atoms with E-state index in [1.807, 2.05) is 12.1 Å². The highest BCUT2D eigenvalue weighted by atomic mass is 15.1. The van der Waals surface area contributed by atoms with Gasteiger partial charge in [-0.25, -0.2) is 0 Å². The summed E-state index contributed by atoms with van der Waals surface area (Å²) in [6.45, 7) is 4.55. The van der Waals surface area contributed by atoms with Crippen molar-refractivity contribution in [2.75, 3.05) is 4.90 Å². The third-order valence-electron chi connectivity index (χ3n) is 11.2. The van der Waals surface area contributed by atoms with Crippen LogP contribution in [-0.4, -0.2) is 6.72 Å². The van der Waals surface area contributed by atoms with Gasteiger partial charge in [0.25, 0.3) is 0 Å². The number of para-hydroxylation sites is 3. The van der Waals surface area contributed by atoms with Crippen molar-refractivity contribution in [3.63, 3.8) is 0 Å². The Morgan fingerprint density at radius 2 is 0.893 bits per heavy atom. The molecule has 0 atom stereocenters. The standard InChI is InChI=1S/C54H38N2/c1-55-51-27-11-12-28-52(51)56(42-19-3-2-4-20-42)36-37-29-31-38(32-30-37)41-33-34-49-50(35-41)54(46-26-14-18-40-16-6-8-22-44(40)46)48-24-10-9-23-47(48)53(49)45-25-13-17-39-15-5-7-21-43(39)45/h2-35H,1,36H2. The predicted octanol–water partition coefficient (Wildman–Crippen LogP) is 15.0. The van der Waals surface area contributed by atoms with E-state index >= 15 is 0 Å². The predicted molar refractivity (Wildman–Crippen MR) is 241 cm³/mol. The van der Waals surface area contributed by atoms with Gasteiger partial charge in [0, 0.05) is 12.2 Å². The van der Waals surface area contributed by atoms with Crippen LogP contribution >= 0.6 is 0 Å². The Bertz CT molecular complexity index is 3060. The molecule has 0 N–H and O–H groups in total.